The highest BCUT2D eigenvalue weighted by Gasteiger charge is 2.15. The van der Waals surface area contributed by atoms with Crippen LogP contribution in [0.5, 0.6) is 0 Å². The average molecular weight is 342 g/mol. The highest BCUT2D eigenvalue weighted by atomic mass is 32.2. The summed E-state index contributed by atoms with van der Waals surface area (Å²) in [6.07, 6.45) is -0.101. The molecule has 0 unspecified atom stereocenters. The molecule has 0 aromatic heterocycles. The number of rotatable bonds is 9. The van der Waals surface area contributed by atoms with Gasteiger partial charge in [0.1, 0.15) is 0 Å². The quantitative estimate of drug-likeness (QED) is 0.698. The van der Waals surface area contributed by atoms with Crippen LogP contribution in [0.25, 0.3) is 0 Å². The van der Waals surface area contributed by atoms with E-state index in [-0.39, 0.29) is 31.2 Å². The number of hydrogen-bond acceptors (Lipinski definition) is 4. The molecule has 0 bridgehead atoms. The molecule has 0 aliphatic carbocycles. The summed E-state index contributed by atoms with van der Waals surface area (Å²) in [6, 6.07) is 6.58. The van der Waals surface area contributed by atoms with Crippen LogP contribution >= 0.6 is 0 Å². The lowest BCUT2D eigenvalue weighted by Gasteiger charge is -2.20. The molecule has 1 rings (SSSR count). The largest absolute Gasteiger partial charge is 0.481 e. The van der Waals surface area contributed by atoms with Gasteiger partial charge in [0.05, 0.1) is 12.2 Å². The number of nitrogens with zero attached hydrogens (tertiary/aromatic N) is 1. The molecule has 0 aliphatic heterocycles. The maximum atomic E-state index is 12.3. The first-order valence-electron chi connectivity index (χ1n) is 7.36. The summed E-state index contributed by atoms with van der Waals surface area (Å²) < 4.78 is 25.2. The van der Waals surface area contributed by atoms with Crippen molar-refractivity contribution >= 4 is 21.9 Å². The molecule has 0 spiro atoms. The van der Waals surface area contributed by atoms with Gasteiger partial charge in [-0.2, -0.15) is 0 Å². The Bertz CT molecular complexity index is 640. The minimum absolute atomic E-state index is 0.0125. The summed E-state index contributed by atoms with van der Waals surface area (Å²) in [7, 11) is -3.26. The van der Waals surface area contributed by atoms with Crippen molar-refractivity contribution in [3.8, 4) is 0 Å². The first-order chi connectivity index (χ1) is 10.8. The molecule has 2 N–H and O–H groups in total. The van der Waals surface area contributed by atoms with Gasteiger partial charge in [-0.3, -0.25) is 9.59 Å². The fourth-order valence-corrected chi connectivity index (χ4v) is 2.47. The maximum absolute atomic E-state index is 12.3. The van der Waals surface area contributed by atoms with E-state index >= 15 is 0 Å². The van der Waals surface area contributed by atoms with E-state index in [0.29, 0.717) is 12.1 Å². The molecular formula is C15H22N2O5S. The standard InChI is InChI=1S/C15H22N2O5S/c1-3-17(10-9-14(18)19)15(20)13-7-5-12(6-8-13)11-16-23(21,22)4-2/h5-8,16H,3-4,9-11H2,1-2H3,(H,18,19). The van der Waals surface area contributed by atoms with Crippen LogP contribution in [-0.4, -0.2) is 49.1 Å². The third-order valence-electron chi connectivity index (χ3n) is 3.34. The van der Waals surface area contributed by atoms with Gasteiger partial charge in [-0.1, -0.05) is 12.1 Å². The van der Waals surface area contributed by atoms with Gasteiger partial charge in [0.15, 0.2) is 0 Å². The third-order valence-corrected chi connectivity index (χ3v) is 4.69. The van der Waals surface area contributed by atoms with Crippen LogP contribution in [0.3, 0.4) is 0 Å². The Labute approximate surface area is 136 Å². The van der Waals surface area contributed by atoms with Gasteiger partial charge >= 0.3 is 5.97 Å². The van der Waals surface area contributed by atoms with Crippen LogP contribution in [0.15, 0.2) is 24.3 Å². The topological polar surface area (TPSA) is 104 Å². The van der Waals surface area contributed by atoms with Crippen LogP contribution in [0.1, 0.15) is 36.2 Å². The van der Waals surface area contributed by atoms with Crippen molar-refractivity contribution < 1.29 is 23.1 Å². The van der Waals surface area contributed by atoms with Crippen molar-refractivity contribution in [1.29, 1.82) is 0 Å². The Hall–Kier alpha value is -1.93. The zero-order chi connectivity index (χ0) is 17.5. The zero-order valence-corrected chi connectivity index (χ0v) is 14.1. The number of carbonyl (C=O) groups is 2. The predicted molar refractivity (Wildman–Crippen MR) is 86.6 cm³/mol. The summed E-state index contributed by atoms with van der Waals surface area (Å²) >= 11 is 0. The minimum Gasteiger partial charge on any atom is -0.481 e. The molecule has 0 radical (unpaired) electrons. The molecule has 1 amide bonds. The number of sulfonamides is 1. The minimum atomic E-state index is -3.26. The first kappa shape index (κ1) is 19.1. The van der Waals surface area contributed by atoms with E-state index in [4.69, 9.17) is 5.11 Å². The first-order valence-corrected chi connectivity index (χ1v) is 9.01. The highest BCUT2D eigenvalue weighted by Crippen LogP contribution is 2.09. The van der Waals surface area contributed by atoms with Crippen molar-refractivity contribution in [2.24, 2.45) is 0 Å². The lowest BCUT2D eigenvalue weighted by Crippen LogP contribution is -2.32. The summed E-state index contributed by atoms with van der Waals surface area (Å²) in [5.41, 5.74) is 1.19. The number of hydrogen-bond donors (Lipinski definition) is 2. The summed E-state index contributed by atoms with van der Waals surface area (Å²) in [5, 5.41) is 8.70. The van der Waals surface area contributed by atoms with Crippen LogP contribution < -0.4 is 4.72 Å². The third kappa shape index (κ3) is 6.37. The molecule has 0 heterocycles. The second-order valence-corrected chi connectivity index (χ2v) is 7.05. The zero-order valence-electron chi connectivity index (χ0n) is 13.3. The van der Waals surface area contributed by atoms with Gasteiger partial charge in [-0.25, -0.2) is 13.1 Å². The SMILES string of the molecule is CCN(CCC(=O)O)C(=O)c1ccc(CNS(=O)(=O)CC)cc1. The lowest BCUT2D eigenvalue weighted by molar-refractivity contribution is -0.137. The number of aliphatic carboxylic acids is 1. The Morgan fingerprint density at radius 1 is 1.17 bits per heavy atom. The van der Waals surface area contributed by atoms with E-state index in [1.54, 1.807) is 38.1 Å². The highest BCUT2D eigenvalue weighted by molar-refractivity contribution is 7.89. The number of amides is 1. The monoisotopic (exact) mass is 342 g/mol. The van der Waals surface area contributed by atoms with Crippen molar-refractivity contribution in [2.75, 3.05) is 18.8 Å². The fraction of sp³-hybridized carbons (Fsp3) is 0.467. The summed E-state index contributed by atoms with van der Waals surface area (Å²) in [6.45, 7) is 4.09. The van der Waals surface area contributed by atoms with Gasteiger partial charge in [0.25, 0.3) is 5.91 Å². The Morgan fingerprint density at radius 3 is 2.26 bits per heavy atom. The molecule has 0 fully saturated rings. The molecule has 0 atom stereocenters. The Balaban J connectivity index is 2.71. The fourth-order valence-electron chi connectivity index (χ4n) is 1.88. The normalized spacial score (nSPS) is 11.2. The van der Waals surface area contributed by atoms with Gasteiger partial charge in [-0.05, 0) is 31.5 Å². The smallest absolute Gasteiger partial charge is 0.305 e. The second-order valence-electron chi connectivity index (χ2n) is 4.95. The second kappa shape index (κ2) is 8.64. The average Bonchev–Trinajstić information content (AvgIpc) is 2.53. The van der Waals surface area contributed by atoms with Crippen LogP contribution in [0.2, 0.25) is 0 Å². The van der Waals surface area contributed by atoms with Crippen molar-refractivity contribution in [3.05, 3.63) is 35.4 Å². The number of carboxylic acid groups (broad SMARTS) is 1. The van der Waals surface area contributed by atoms with E-state index in [1.807, 2.05) is 0 Å². The van der Waals surface area contributed by atoms with E-state index < -0.39 is 16.0 Å². The van der Waals surface area contributed by atoms with Gasteiger partial charge in [0.2, 0.25) is 10.0 Å². The molecule has 0 aliphatic rings. The van der Waals surface area contributed by atoms with Crippen LogP contribution in [-0.2, 0) is 21.4 Å². The van der Waals surface area contributed by atoms with Crippen LogP contribution in [0, 0.1) is 0 Å². The number of benzene rings is 1. The van der Waals surface area contributed by atoms with Crippen LogP contribution in [0.4, 0.5) is 0 Å². The maximum Gasteiger partial charge on any atom is 0.305 e. The predicted octanol–water partition coefficient (Wildman–Crippen LogP) is 1.06. The molecule has 1 aromatic carbocycles. The van der Waals surface area contributed by atoms with E-state index in [0.717, 1.165) is 5.56 Å². The van der Waals surface area contributed by atoms with Crippen molar-refractivity contribution in [2.45, 2.75) is 26.8 Å². The number of nitrogens with one attached hydrogen (secondary N) is 1. The molecule has 23 heavy (non-hydrogen) atoms. The lowest BCUT2D eigenvalue weighted by atomic mass is 10.1. The molecule has 128 valence electrons. The Kier molecular flexibility index (Phi) is 7.18. The number of carboxylic acids is 1. The molecule has 0 saturated carbocycles. The van der Waals surface area contributed by atoms with Gasteiger partial charge < -0.3 is 10.0 Å². The van der Waals surface area contributed by atoms with Gasteiger partial charge in [-0.15, -0.1) is 0 Å². The summed E-state index contributed by atoms with van der Waals surface area (Å²) in [4.78, 5) is 24.4. The summed E-state index contributed by atoms with van der Waals surface area (Å²) in [5.74, 6) is -1.18. The molecular weight excluding hydrogens is 320 g/mol. The van der Waals surface area contributed by atoms with E-state index in [1.165, 1.54) is 4.90 Å². The number of carbonyl (C=O) groups excluding carboxylic acids is 1. The van der Waals surface area contributed by atoms with Crippen molar-refractivity contribution in [3.63, 3.8) is 0 Å². The van der Waals surface area contributed by atoms with Gasteiger partial charge in [0, 0.05) is 25.2 Å². The molecule has 7 nitrogen and oxygen atoms in total. The van der Waals surface area contributed by atoms with E-state index in [9.17, 15) is 18.0 Å². The van der Waals surface area contributed by atoms with Crippen molar-refractivity contribution in [1.82, 2.24) is 9.62 Å². The van der Waals surface area contributed by atoms with E-state index in [2.05, 4.69) is 4.72 Å². The molecule has 8 heteroatoms. The molecule has 1 aromatic rings. The molecule has 0 saturated heterocycles. The Morgan fingerprint density at radius 2 is 1.78 bits per heavy atom.